The number of fused-ring (bicyclic) bond motifs is 1. The Morgan fingerprint density at radius 2 is 1.97 bits per heavy atom. The van der Waals surface area contributed by atoms with Gasteiger partial charge in [0.2, 0.25) is 0 Å². The van der Waals surface area contributed by atoms with E-state index in [4.69, 9.17) is 14.2 Å². The molecule has 1 saturated heterocycles. The van der Waals surface area contributed by atoms with Crippen molar-refractivity contribution in [1.29, 1.82) is 0 Å². The summed E-state index contributed by atoms with van der Waals surface area (Å²) in [5, 5.41) is 10.1. The molecule has 0 amide bonds. The van der Waals surface area contributed by atoms with Crippen LogP contribution < -0.4 is 0 Å². The lowest BCUT2D eigenvalue weighted by Crippen LogP contribution is -2.48. The van der Waals surface area contributed by atoms with Gasteiger partial charge in [0.15, 0.2) is 17.8 Å². The van der Waals surface area contributed by atoms with Crippen LogP contribution in [0.15, 0.2) is 35.5 Å². The van der Waals surface area contributed by atoms with Gasteiger partial charge >= 0.3 is 17.9 Å². The van der Waals surface area contributed by atoms with E-state index < -0.39 is 53.7 Å². The summed E-state index contributed by atoms with van der Waals surface area (Å²) >= 11 is 0. The van der Waals surface area contributed by atoms with E-state index >= 15 is 0 Å². The van der Waals surface area contributed by atoms with Gasteiger partial charge in [0.05, 0.1) is 11.8 Å². The molecule has 170 valence electrons. The van der Waals surface area contributed by atoms with Crippen LogP contribution in [0, 0.1) is 11.8 Å². The quantitative estimate of drug-likeness (QED) is 0.230. The fourth-order valence-electron chi connectivity index (χ4n) is 3.37. The van der Waals surface area contributed by atoms with Gasteiger partial charge in [0, 0.05) is 11.1 Å². The maximum Gasteiger partial charge on any atom is 0.338 e. The molecule has 1 aliphatic heterocycles. The molecule has 0 aromatic carbocycles. The highest BCUT2D eigenvalue weighted by Gasteiger charge is 2.50. The van der Waals surface area contributed by atoms with Crippen molar-refractivity contribution in [2.45, 2.75) is 71.4 Å². The molecule has 1 fully saturated rings. The van der Waals surface area contributed by atoms with E-state index in [-0.39, 0.29) is 11.1 Å². The maximum atomic E-state index is 12.5. The summed E-state index contributed by atoms with van der Waals surface area (Å²) in [5.74, 6) is -3.68. The molecule has 0 aromatic heterocycles. The molecule has 1 heterocycles. The highest BCUT2D eigenvalue weighted by Crippen LogP contribution is 2.37. The number of ether oxygens (including phenoxy) is 3. The molecule has 0 radical (unpaired) electrons. The molecule has 4 atom stereocenters. The van der Waals surface area contributed by atoms with Crippen LogP contribution in [0.2, 0.25) is 0 Å². The van der Waals surface area contributed by atoms with Crippen molar-refractivity contribution in [2.75, 3.05) is 0 Å². The van der Waals surface area contributed by atoms with Crippen LogP contribution in [0.4, 0.5) is 0 Å². The number of carbonyl (C=O) groups excluding carboxylic acids is 4. The fraction of sp³-hybridized carbons (Fsp3) is 0.565. The minimum atomic E-state index is -1.86. The molecule has 1 unspecified atom stereocenters. The number of aldehydes is 1. The molecule has 8 nitrogen and oxygen atoms in total. The first-order valence-corrected chi connectivity index (χ1v) is 10.2. The molecular formula is C23H30O8. The van der Waals surface area contributed by atoms with Crippen LogP contribution in [0.25, 0.3) is 0 Å². The average molecular weight is 434 g/mol. The standard InChI is InChI=1S/C23H30O8/c1-12(2)20(25)30-19-17-14(4)21(26)29-16(17)10-13(3)8-7-9-15(11-24)18(19)31-22(27)23(5,6)28/h9-12,16-19,28H,4,7-8H2,1-3,5-6H3/b13-10+,15-9-/t16-,17+,18?,19+/m1/s1. The van der Waals surface area contributed by atoms with Crippen molar-refractivity contribution in [2.24, 2.45) is 11.8 Å². The van der Waals surface area contributed by atoms with Gasteiger partial charge in [0.25, 0.3) is 0 Å². The molecule has 0 spiro atoms. The van der Waals surface area contributed by atoms with Gasteiger partial charge < -0.3 is 19.3 Å². The summed E-state index contributed by atoms with van der Waals surface area (Å²) in [6.45, 7) is 11.4. The molecule has 8 heteroatoms. The minimum Gasteiger partial charge on any atom is -0.457 e. The van der Waals surface area contributed by atoms with E-state index in [1.54, 1.807) is 26.0 Å². The largest absolute Gasteiger partial charge is 0.457 e. The second-order valence-corrected chi connectivity index (χ2v) is 8.74. The van der Waals surface area contributed by atoms with Gasteiger partial charge in [-0.1, -0.05) is 32.1 Å². The van der Waals surface area contributed by atoms with Gasteiger partial charge in [-0.2, -0.15) is 0 Å². The maximum absolute atomic E-state index is 12.5. The number of aliphatic hydroxyl groups is 1. The van der Waals surface area contributed by atoms with Crippen molar-refractivity contribution in [3.05, 3.63) is 35.5 Å². The van der Waals surface area contributed by atoms with E-state index in [1.165, 1.54) is 13.8 Å². The second kappa shape index (κ2) is 9.60. The number of hydrogen-bond donors (Lipinski definition) is 1. The van der Waals surface area contributed by atoms with E-state index in [9.17, 15) is 24.3 Å². The predicted octanol–water partition coefficient (Wildman–Crippen LogP) is 2.20. The van der Waals surface area contributed by atoms with Gasteiger partial charge in [-0.05, 0) is 39.7 Å². The molecule has 1 N–H and O–H groups in total. The summed E-state index contributed by atoms with van der Waals surface area (Å²) in [6, 6.07) is 0. The molecule has 31 heavy (non-hydrogen) atoms. The lowest BCUT2D eigenvalue weighted by molar-refractivity contribution is -0.181. The SMILES string of the molecule is C=C1C(=O)O[C@@H]2/C=C(\C)CC/C=C(/C=O)C(OC(=O)C(C)(C)O)[C@@H](OC(=O)C(C)C)[C@@H]12. The number of rotatable bonds is 5. The topological polar surface area (TPSA) is 116 Å². The molecular weight excluding hydrogens is 404 g/mol. The third-order valence-electron chi connectivity index (χ3n) is 5.20. The zero-order valence-corrected chi connectivity index (χ0v) is 18.5. The Kier molecular flexibility index (Phi) is 7.59. The Labute approximate surface area is 181 Å². The third kappa shape index (κ3) is 5.70. The second-order valence-electron chi connectivity index (χ2n) is 8.74. The molecule has 0 saturated carbocycles. The van der Waals surface area contributed by atoms with Gasteiger partial charge in [-0.3, -0.25) is 9.59 Å². The highest BCUT2D eigenvalue weighted by molar-refractivity contribution is 5.91. The van der Waals surface area contributed by atoms with Crippen LogP contribution in [0.1, 0.15) is 47.5 Å². The number of esters is 3. The third-order valence-corrected chi connectivity index (χ3v) is 5.20. The minimum absolute atomic E-state index is 0.0470. The van der Waals surface area contributed by atoms with Crippen LogP contribution in [-0.4, -0.2) is 53.2 Å². The molecule has 0 aromatic rings. The molecule has 1 aliphatic carbocycles. The Bertz CT molecular complexity index is 827. The first kappa shape index (κ1) is 24.5. The van der Waals surface area contributed by atoms with Gasteiger partial charge in [0.1, 0.15) is 12.4 Å². The van der Waals surface area contributed by atoms with Crippen LogP contribution >= 0.6 is 0 Å². The number of allylic oxidation sites excluding steroid dienone is 2. The predicted molar refractivity (Wildman–Crippen MR) is 111 cm³/mol. The Hall–Kier alpha value is -2.74. The van der Waals surface area contributed by atoms with E-state index in [0.29, 0.717) is 19.1 Å². The normalized spacial score (nSPS) is 30.3. The molecule has 2 rings (SSSR count). The van der Waals surface area contributed by atoms with Gasteiger partial charge in [-0.15, -0.1) is 0 Å². The highest BCUT2D eigenvalue weighted by atomic mass is 16.6. The fourth-order valence-corrected chi connectivity index (χ4v) is 3.37. The zero-order valence-electron chi connectivity index (χ0n) is 18.5. The average Bonchev–Trinajstić information content (AvgIpc) is 2.93. The summed E-state index contributed by atoms with van der Waals surface area (Å²) in [4.78, 5) is 49.3. The monoisotopic (exact) mass is 434 g/mol. The number of carbonyl (C=O) groups is 4. The Morgan fingerprint density at radius 3 is 2.52 bits per heavy atom. The first-order chi connectivity index (χ1) is 14.4. The summed E-state index contributed by atoms with van der Waals surface area (Å²) < 4.78 is 16.6. The zero-order chi connectivity index (χ0) is 23.5. The first-order valence-electron chi connectivity index (χ1n) is 10.2. The number of hydrogen-bond acceptors (Lipinski definition) is 8. The van der Waals surface area contributed by atoms with Crippen molar-refractivity contribution >= 4 is 24.2 Å². The van der Waals surface area contributed by atoms with Gasteiger partial charge in [-0.25, -0.2) is 9.59 Å². The van der Waals surface area contributed by atoms with E-state index in [0.717, 1.165) is 5.57 Å². The van der Waals surface area contributed by atoms with Crippen molar-refractivity contribution < 1.29 is 38.5 Å². The van der Waals surface area contributed by atoms with Crippen molar-refractivity contribution in [3.63, 3.8) is 0 Å². The Balaban J connectivity index is 2.65. The molecule has 2 aliphatic rings. The van der Waals surface area contributed by atoms with Crippen molar-refractivity contribution in [1.82, 2.24) is 0 Å². The molecule has 0 bridgehead atoms. The summed E-state index contributed by atoms with van der Waals surface area (Å²) in [7, 11) is 0. The summed E-state index contributed by atoms with van der Waals surface area (Å²) in [6.07, 6.45) is 1.48. The lowest BCUT2D eigenvalue weighted by atomic mass is 9.83. The van der Waals surface area contributed by atoms with E-state index in [1.807, 2.05) is 6.92 Å². The van der Waals surface area contributed by atoms with Crippen LogP contribution in [0.3, 0.4) is 0 Å². The van der Waals surface area contributed by atoms with Crippen LogP contribution in [-0.2, 0) is 33.4 Å². The lowest BCUT2D eigenvalue weighted by Gasteiger charge is -2.34. The van der Waals surface area contributed by atoms with Crippen molar-refractivity contribution in [3.8, 4) is 0 Å². The summed E-state index contributed by atoms with van der Waals surface area (Å²) in [5.41, 5.74) is -0.824. The smallest absolute Gasteiger partial charge is 0.338 e. The van der Waals surface area contributed by atoms with E-state index in [2.05, 4.69) is 6.58 Å². The van der Waals surface area contributed by atoms with Crippen LogP contribution in [0.5, 0.6) is 0 Å². The Morgan fingerprint density at radius 1 is 1.32 bits per heavy atom.